The molecule has 0 saturated heterocycles. The number of ether oxygens (including phenoxy) is 2. The van der Waals surface area contributed by atoms with Crippen LogP contribution in [-0.4, -0.2) is 23.7 Å². The smallest absolute Gasteiger partial charge is 0.272 e. The Labute approximate surface area is 188 Å². The molecule has 30 heavy (non-hydrogen) atoms. The van der Waals surface area contributed by atoms with Crippen LogP contribution >= 0.6 is 27.5 Å². The molecular weight excluding hydrogens is 470 g/mol. The number of pyridine rings is 1. The predicted octanol–water partition coefficient (Wildman–Crippen LogP) is 5.24. The molecule has 0 radical (unpaired) electrons. The first-order chi connectivity index (χ1) is 14.6. The van der Waals surface area contributed by atoms with E-state index < -0.39 is 0 Å². The average molecular weight is 489 g/mol. The molecule has 0 aliphatic rings. The van der Waals surface area contributed by atoms with E-state index in [2.05, 4.69) is 31.4 Å². The quantitative estimate of drug-likeness (QED) is 0.348. The Hall–Kier alpha value is -2.90. The van der Waals surface area contributed by atoms with Gasteiger partial charge in [0.05, 0.1) is 18.4 Å². The van der Waals surface area contributed by atoms with Crippen LogP contribution in [0.4, 0.5) is 0 Å². The van der Waals surface area contributed by atoms with Crippen LogP contribution in [0.3, 0.4) is 0 Å². The molecule has 154 valence electrons. The van der Waals surface area contributed by atoms with Crippen LogP contribution in [0.25, 0.3) is 0 Å². The maximum absolute atomic E-state index is 12.1. The summed E-state index contributed by atoms with van der Waals surface area (Å²) in [6.07, 6.45) is 4.60. The van der Waals surface area contributed by atoms with Crippen molar-refractivity contribution in [2.24, 2.45) is 5.10 Å². The molecule has 0 saturated carbocycles. The van der Waals surface area contributed by atoms with E-state index in [-0.39, 0.29) is 5.91 Å². The Kier molecular flexibility index (Phi) is 7.82. The number of nitrogens with zero attached hydrogens (tertiary/aromatic N) is 2. The molecule has 8 heteroatoms. The lowest BCUT2D eigenvalue weighted by Crippen LogP contribution is -2.17. The number of hydrogen-bond acceptors (Lipinski definition) is 5. The van der Waals surface area contributed by atoms with Crippen LogP contribution in [-0.2, 0) is 6.61 Å². The first-order valence-electron chi connectivity index (χ1n) is 9.14. The van der Waals surface area contributed by atoms with E-state index in [0.29, 0.717) is 35.3 Å². The Balaban J connectivity index is 1.73. The van der Waals surface area contributed by atoms with E-state index in [1.165, 1.54) is 12.4 Å². The second kappa shape index (κ2) is 10.8. The number of rotatable bonds is 8. The van der Waals surface area contributed by atoms with E-state index >= 15 is 0 Å². The number of carbonyl (C=O) groups is 1. The Bertz CT molecular complexity index is 1050. The van der Waals surface area contributed by atoms with Gasteiger partial charge >= 0.3 is 0 Å². The number of halogens is 2. The standard InChI is InChI=1S/C22H19BrClN3O3/c1-2-29-20-10-17(13-26-27-22(28)15-7-5-9-25-12-15)18(23)11-21(20)30-14-16-6-3-4-8-19(16)24/h3-13H,2,14H2,1H3,(H,27,28)/b26-13-. The molecule has 2 aromatic carbocycles. The predicted molar refractivity (Wildman–Crippen MR) is 120 cm³/mol. The molecule has 3 rings (SSSR count). The van der Waals surface area contributed by atoms with Gasteiger partial charge in [-0.25, -0.2) is 5.43 Å². The van der Waals surface area contributed by atoms with Gasteiger partial charge in [-0.15, -0.1) is 0 Å². The highest BCUT2D eigenvalue weighted by Crippen LogP contribution is 2.34. The van der Waals surface area contributed by atoms with E-state index in [9.17, 15) is 4.79 Å². The summed E-state index contributed by atoms with van der Waals surface area (Å²) in [7, 11) is 0. The van der Waals surface area contributed by atoms with Crippen molar-refractivity contribution in [1.82, 2.24) is 10.4 Å². The molecule has 3 aromatic rings. The maximum Gasteiger partial charge on any atom is 0.272 e. The summed E-state index contributed by atoms with van der Waals surface area (Å²) in [5.41, 5.74) is 4.49. The highest BCUT2D eigenvalue weighted by atomic mass is 79.9. The molecule has 0 atom stereocenters. The van der Waals surface area contributed by atoms with E-state index in [1.807, 2.05) is 31.2 Å². The molecule has 1 amide bonds. The van der Waals surface area contributed by atoms with Gasteiger partial charge in [0.1, 0.15) is 6.61 Å². The Morgan fingerprint density at radius 1 is 1.20 bits per heavy atom. The first kappa shape index (κ1) is 21.8. The fourth-order valence-corrected chi connectivity index (χ4v) is 3.14. The zero-order chi connectivity index (χ0) is 21.3. The zero-order valence-corrected chi connectivity index (χ0v) is 18.5. The third-order valence-electron chi connectivity index (χ3n) is 4.00. The van der Waals surface area contributed by atoms with E-state index in [4.69, 9.17) is 21.1 Å². The fourth-order valence-electron chi connectivity index (χ4n) is 2.52. The lowest BCUT2D eigenvalue weighted by atomic mass is 10.2. The van der Waals surface area contributed by atoms with E-state index in [1.54, 1.807) is 30.5 Å². The van der Waals surface area contributed by atoms with Crippen molar-refractivity contribution in [3.8, 4) is 11.5 Å². The van der Waals surface area contributed by atoms with Crippen molar-refractivity contribution in [1.29, 1.82) is 0 Å². The molecule has 1 N–H and O–H groups in total. The zero-order valence-electron chi connectivity index (χ0n) is 16.1. The van der Waals surface area contributed by atoms with Gasteiger partial charge in [-0.1, -0.05) is 29.8 Å². The largest absolute Gasteiger partial charge is 0.490 e. The van der Waals surface area contributed by atoms with Crippen LogP contribution in [0, 0.1) is 0 Å². The van der Waals surface area contributed by atoms with Crippen LogP contribution in [0.1, 0.15) is 28.4 Å². The SMILES string of the molecule is CCOc1cc(/C=N\NC(=O)c2cccnc2)c(Br)cc1OCc1ccccc1Cl. The van der Waals surface area contributed by atoms with Crippen LogP contribution in [0.2, 0.25) is 5.02 Å². The highest BCUT2D eigenvalue weighted by Gasteiger charge is 2.11. The summed E-state index contributed by atoms with van der Waals surface area (Å²) < 4.78 is 12.4. The van der Waals surface area contributed by atoms with Crippen molar-refractivity contribution in [2.45, 2.75) is 13.5 Å². The first-order valence-corrected chi connectivity index (χ1v) is 10.3. The minimum Gasteiger partial charge on any atom is -0.490 e. The van der Waals surface area contributed by atoms with Gasteiger partial charge in [0.15, 0.2) is 11.5 Å². The molecule has 0 spiro atoms. The normalized spacial score (nSPS) is 10.8. The van der Waals surface area contributed by atoms with E-state index in [0.717, 1.165) is 15.6 Å². The van der Waals surface area contributed by atoms with Crippen molar-refractivity contribution in [2.75, 3.05) is 6.61 Å². The minimum absolute atomic E-state index is 0.306. The molecule has 0 unspecified atom stereocenters. The van der Waals surface area contributed by atoms with Gasteiger partial charge in [0.25, 0.3) is 5.91 Å². The maximum atomic E-state index is 12.1. The van der Waals surface area contributed by atoms with Crippen molar-refractivity contribution in [3.05, 3.63) is 87.1 Å². The third kappa shape index (κ3) is 5.81. The molecule has 0 aliphatic carbocycles. The van der Waals surface area contributed by atoms with Crippen LogP contribution in [0.15, 0.2) is 70.5 Å². The van der Waals surface area contributed by atoms with Gasteiger partial charge in [-0.3, -0.25) is 9.78 Å². The number of benzene rings is 2. The average Bonchev–Trinajstić information content (AvgIpc) is 2.76. The van der Waals surface area contributed by atoms with Crippen molar-refractivity contribution >= 4 is 39.7 Å². The molecular formula is C22H19BrClN3O3. The van der Waals surface area contributed by atoms with Crippen LogP contribution in [0.5, 0.6) is 11.5 Å². The van der Waals surface area contributed by atoms with Gasteiger partial charge in [-0.2, -0.15) is 5.10 Å². The molecule has 1 heterocycles. The minimum atomic E-state index is -0.347. The number of hydrogen-bond donors (Lipinski definition) is 1. The lowest BCUT2D eigenvalue weighted by Gasteiger charge is -2.14. The number of amides is 1. The number of hydrazone groups is 1. The summed E-state index contributed by atoms with van der Waals surface area (Å²) in [6, 6.07) is 14.4. The second-order valence-electron chi connectivity index (χ2n) is 6.07. The lowest BCUT2D eigenvalue weighted by molar-refractivity contribution is 0.0955. The molecule has 0 bridgehead atoms. The van der Waals surface area contributed by atoms with Crippen LogP contribution < -0.4 is 14.9 Å². The molecule has 6 nitrogen and oxygen atoms in total. The molecule has 1 aromatic heterocycles. The summed E-state index contributed by atoms with van der Waals surface area (Å²) in [5, 5.41) is 4.66. The molecule has 0 fully saturated rings. The number of nitrogens with one attached hydrogen (secondary N) is 1. The Morgan fingerprint density at radius 2 is 2.00 bits per heavy atom. The number of aromatic nitrogens is 1. The summed E-state index contributed by atoms with van der Waals surface area (Å²) in [6.45, 7) is 2.67. The van der Waals surface area contributed by atoms with Crippen molar-refractivity contribution in [3.63, 3.8) is 0 Å². The van der Waals surface area contributed by atoms with Gasteiger partial charge < -0.3 is 9.47 Å². The van der Waals surface area contributed by atoms with Gasteiger partial charge in [-0.05, 0) is 53.2 Å². The summed E-state index contributed by atoms with van der Waals surface area (Å²) >= 11 is 9.71. The second-order valence-corrected chi connectivity index (χ2v) is 7.34. The summed E-state index contributed by atoms with van der Waals surface area (Å²) in [4.78, 5) is 16.0. The molecule has 0 aliphatic heterocycles. The number of carbonyl (C=O) groups excluding carboxylic acids is 1. The van der Waals surface area contributed by atoms with Gasteiger partial charge in [0.2, 0.25) is 0 Å². The highest BCUT2D eigenvalue weighted by molar-refractivity contribution is 9.10. The fraction of sp³-hybridized carbons (Fsp3) is 0.136. The Morgan fingerprint density at radius 3 is 2.73 bits per heavy atom. The van der Waals surface area contributed by atoms with Gasteiger partial charge in [0, 0.05) is 33.0 Å². The monoisotopic (exact) mass is 487 g/mol. The third-order valence-corrected chi connectivity index (χ3v) is 5.05. The topological polar surface area (TPSA) is 72.8 Å². The van der Waals surface area contributed by atoms with Crippen molar-refractivity contribution < 1.29 is 14.3 Å². The summed E-state index contributed by atoms with van der Waals surface area (Å²) in [5.74, 6) is 0.785.